The molecule has 2 aromatic rings. The fourth-order valence-electron chi connectivity index (χ4n) is 3.00. The molecule has 0 saturated carbocycles. The van der Waals surface area contributed by atoms with Gasteiger partial charge in [0.1, 0.15) is 5.60 Å². The average molecular weight is 350 g/mol. The van der Waals surface area contributed by atoms with Gasteiger partial charge in [0.2, 0.25) is 0 Å². The van der Waals surface area contributed by atoms with Crippen LogP contribution >= 0.6 is 0 Å². The number of nitriles is 1. The Kier molecular flexibility index (Phi) is 6.41. The van der Waals surface area contributed by atoms with E-state index in [0.717, 1.165) is 11.1 Å². The van der Waals surface area contributed by atoms with Crippen molar-refractivity contribution in [2.75, 3.05) is 7.05 Å². The van der Waals surface area contributed by atoms with Crippen molar-refractivity contribution in [2.45, 2.75) is 44.8 Å². The minimum absolute atomic E-state index is 0.116. The third-order valence-electron chi connectivity index (χ3n) is 4.18. The Hall–Kier alpha value is -2.80. The molecule has 2 aromatic carbocycles. The molecule has 0 aliphatic heterocycles. The van der Waals surface area contributed by atoms with Crippen LogP contribution in [-0.4, -0.2) is 29.7 Å². The summed E-state index contributed by atoms with van der Waals surface area (Å²) in [6.45, 7) is 5.51. The van der Waals surface area contributed by atoms with Crippen LogP contribution in [0, 0.1) is 11.3 Å². The number of benzene rings is 2. The number of carbonyl (C=O) groups is 1. The summed E-state index contributed by atoms with van der Waals surface area (Å²) in [5.41, 5.74) is 1.54. The van der Waals surface area contributed by atoms with Crippen molar-refractivity contribution in [1.82, 2.24) is 4.90 Å². The highest BCUT2D eigenvalue weighted by Crippen LogP contribution is 2.32. The van der Waals surface area contributed by atoms with Gasteiger partial charge >= 0.3 is 6.09 Å². The summed E-state index contributed by atoms with van der Waals surface area (Å²) >= 11 is 0. The summed E-state index contributed by atoms with van der Waals surface area (Å²) < 4.78 is 5.53. The minimum atomic E-state index is -0.586. The number of hydrogen-bond donors (Lipinski definition) is 0. The van der Waals surface area contributed by atoms with Gasteiger partial charge in [-0.05, 0) is 31.9 Å². The fraction of sp³-hybridized carbons (Fsp3) is 0.364. The molecule has 0 bridgehead atoms. The molecule has 0 spiro atoms. The monoisotopic (exact) mass is 350 g/mol. The second-order valence-electron chi connectivity index (χ2n) is 7.32. The third-order valence-corrected chi connectivity index (χ3v) is 4.18. The van der Waals surface area contributed by atoms with Gasteiger partial charge in [-0.15, -0.1) is 0 Å². The van der Waals surface area contributed by atoms with E-state index in [2.05, 4.69) is 6.07 Å². The van der Waals surface area contributed by atoms with E-state index in [1.165, 1.54) is 0 Å². The molecule has 0 aliphatic carbocycles. The van der Waals surface area contributed by atoms with Crippen LogP contribution in [0.2, 0.25) is 0 Å². The highest BCUT2D eigenvalue weighted by Gasteiger charge is 2.33. The molecule has 0 fully saturated rings. The lowest BCUT2D eigenvalue weighted by atomic mass is 9.83. The predicted molar refractivity (Wildman–Crippen MR) is 103 cm³/mol. The second kappa shape index (κ2) is 8.53. The Bertz CT molecular complexity index is 706. The Labute approximate surface area is 156 Å². The highest BCUT2D eigenvalue weighted by atomic mass is 16.6. The summed E-state index contributed by atoms with van der Waals surface area (Å²) in [7, 11) is 1.70. The Morgan fingerprint density at radius 2 is 1.50 bits per heavy atom. The van der Waals surface area contributed by atoms with E-state index < -0.39 is 11.7 Å². The maximum atomic E-state index is 12.6. The van der Waals surface area contributed by atoms with Gasteiger partial charge in [0.25, 0.3) is 0 Å². The molecular weight excluding hydrogens is 324 g/mol. The molecule has 0 heterocycles. The number of nitrogens with zero attached hydrogens (tertiary/aromatic N) is 2. The molecule has 4 heteroatoms. The molecule has 1 atom stereocenters. The average Bonchev–Trinajstić information content (AvgIpc) is 2.61. The zero-order chi connectivity index (χ0) is 19.2. The van der Waals surface area contributed by atoms with Gasteiger partial charge in [0, 0.05) is 13.0 Å². The van der Waals surface area contributed by atoms with Crippen LogP contribution in [0.1, 0.15) is 44.2 Å². The summed E-state index contributed by atoms with van der Waals surface area (Å²) in [6.07, 6.45) is -0.209. The molecule has 26 heavy (non-hydrogen) atoms. The summed E-state index contributed by atoms with van der Waals surface area (Å²) in [4.78, 5) is 14.2. The van der Waals surface area contributed by atoms with Crippen molar-refractivity contribution in [1.29, 1.82) is 5.26 Å². The van der Waals surface area contributed by atoms with Crippen LogP contribution in [0.25, 0.3) is 0 Å². The molecular formula is C22H26N2O2. The first-order valence-corrected chi connectivity index (χ1v) is 8.76. The molecule has 1 amide bonds. The SMILES string of the molecule is CN(C(=O)OC(C)(C)C)C(CC#N)C(c1ccccc1)c1ccccc1. The van der Waals surface area contributed by atoms with E-state index >= 15 is 0 Å². The molecule has 136 valence electrons. The first-order valence-electron chi connectivity index (χ1n) is 8.76. The van der Waals surface area contributed by atoms with Crippen molar-refractivity contribution in [3.63, 3.8) is 0 Å². The van der Waals surface area contributed by atoms with Gasteiger partial charge in [0.05, 0.1) is 18.5 Å². The van der Waals surface area contributed by atoms with Crippen molar-refractivity contribution < 1.29 is 9.53 Å². The number of carbonyl (C=O) groups excluding carboxylic acids is 1. The summed E-state index contributed by atoms with van der Waals surface area (Å²) in [5, 5.41) is 9.41. The first kappa shape index (κ1) is 19.5. The van der Waals surface area contributed by atoms with Crippen LogP contribution in [0.3, 0.4) is 0 Å². The van der Waals surface area contributed by atoms with Crippen LogP contribution in [-0.2, 0) is 4.74 Å². The number of amides is 1. The van der Waals surface area contributed by atoms with Crippen LogP contribution in [0.5, 0.6) is 0 Å². The lowest BCUT2D eigenvalue weighted by molar-refractivity contribution is 0.0211. The first-order chi connectivity index (χ1) is 12.3. The maximum Gasteiger partial charge on any atom is 0.410 e. The van der Waals surface area contributed by atoms with E-state index in [4.69, 9.17) is 4.74 Å². The number of hydrogen-bond acceptors (Lipinski definition) is 3. The zero-order valence-electron chi connectivity index (χ0n) is 15.8. The van der Waals surface area contributed by atoms with Crippen LogP contribution in [0.4, 0.5) is 4.79 Å². The van der Waals surface area contributed by atoms with Crippen molar-refractivity contribution in [3.8, 4) is 6.07 Å². The van der Waals surface area contributed by atoms with E-state index in [9.17, 15) is 10.1 Å². The molecule has 0 saturated heterocycles. The second-order valence-corrected chi connectivity index (χ2v) is 7.32. The topological polar surface area (TPSA) is 53.3 Å². The summed E-state index contributed by atoms with van der Waals surface area (Å²) in [6, 6.07) is 21.9. The molecule has 0 aliphatic rings. The fourth-order valence-corrected chi connectivity index (χ4v) is 3.00. The molecule has 2 rings (SSSR count). The van der Waals surface area contributed by atoms with Crippen molar-refractivity contribution in [2.24, 2.45) is 0 Å². The Morgan fingerprint density at radius 3 is 1.88 bits per heavy atom. The smallest absolute Gasteiger partial charge is 0.410 e. The highest BCUT2D eigenvalue weighted by molar-refractivity contribution is 5.68. The Balaban J connectivity index is 2.44. The normalized spacial score (nSPS) is 12.3. The minimum Gasteiger partial charge on any atom is -0.444 e. The maximum absolute atomic E-state index is 12.6. The zero-order valence-corrected chi connectivity index (χ0v) is 15.8. The van der Waals surface area contributed by atoms with Crippen molar-refractivity contribution in [3.05, 3.63) is 71.8 Å². The molecule has 1 unspecified atom stereocenters. The van der Waals surface area contributed by atoms with E-state index in [1.807, 2.05) is 81.4 Å². The van der Waals surface area contributed by atoms with E-state index in [-0.39, 0.29) is 18.4 Å². The van der Waals surface area contributed by atoms with Crippen LogP contribution in [0.15, 0.2) is 60.7 Å². The van der Waals surface area contributed by atoms with Gasteiger partial charge in [-0.3, -0.25) is 0 Å². The van der Waals surface area contributed by atoms with Gasteiger partial charge < -0.3 is 9.64 Å². The molecule has 0 aromatic heterocycles. The van der Waals surface area contributed by atoms with Gasteiger partial charge in [0.15, 0.2) is 0 Å². The van der Waals surface area contributed by atoms with Crippen LogP contribution < -0.4 is 0 Å². The lowest BCUT2D eigenvalue weighted by Gasteiger charge is -2.35. The molecule has 0 N–H and O–H groups in total. The van der Waals surface area contributed by atoms with Gasteiger partial charge in [-0.2, -0.15) is 5.26 Å². The number of rotatable bonds is 5. The van der Waals surface area contributed by atoms with Crippen molar-refractivity contribution >= 4 is 6.09 Å². The quantitative estimate of drug-likeness (QED) is 0.765. The Morgan fingerprint density at radius 1 is 1.04 bits per heavy atom. The van der Waals surface area contributed by atoms with Gasteiger partial charge in [-0.25, -0.2) is 4.79 Å². The molecule has 0 radical (unpaired) electrons. The third kappa shape index (κ3) is 5.10. The van der Waals surface area contributed by atoms with Gasteiger partial charge in [-0.1, -0.05) is 60.7 Å². The van der Waals surface area contributed by atoms with E-state index in [1.54, 1.807) is 11.9 Å². The standard InChI is InChI=1S/C22H26N2O2/c1-22(2,3)26-21(25)24(4)19(15-16-23)20(17-11-7-5-8-12-17)18-13-9-6-10-14-18/h5-14,19-20H,15H2,1-4H3. The molecule has 4 nitrogen and oxygen atoms in total. The lowest BCUT2D eigenvalue weighted by Crippen LogP contribution is -2.43. The largest absolute Gasteiger partial charge is 0.444 e. The van der Waals surface area contributed by atoms with E-state index in [0.29, 0.717) is 0 Å². The number of ether oxygens (including phenoxy) is 1. The number of likely N-dealkylation sites (N-methyl/N-ethyl adjacent to an activating group) is 1. The predicted octanol–water partition coefficient (Wildman–Crippen LogP) is 4.97. The summed E-state index contributed by atoms with van der Waals surface area (Å²) in [5.74, 6) is -0.116.